The van der Waals surface area contributed by atoms with Gasteiger partial charge in [0.25, 0.3) is 5.91 Å². The molecule has 2 aromatic heterocycles. The summed E-state index contributed by atoms with van der Waals surface area (Å²) in [6.45, 7) is 0. The van der Waals surface area contributed by atoms with Gasteiger partial charge in [-0.1, -0.05) is 0 Å². The highest BCUT2D eigenvalue weighted by Crippen LogP contribution is 2.07. The van der Waals surface area contributed by atoms with Gasteiger partial charge in [0.15, 0.2) is 5.69 Å². The molecular formula is C10H7N3O3. The van der Waals surface area contributed by atoms with Crippen LogP contribution < -0.4 is 0 Å². The number of rotatable bonds is 2. The zero-order chi connectivity index (χ0) is 11.5. The smallest absolute Gasteiger partial charge is 0.355 e. The van der Waals surface area contributed by atoms with Crippen molar-refractivity contribution in [3.8, 4) is 0 Å². The Labute approximate surface area is 90.2 Å². The van der Waals surface area contributed by atoms with Gasteiger partial charge in [-0.15, -0.1) is 0 Å². The van der Waals surface area contributed by atoms with Crippen molar-refractivity contribution >= 4 is 11.9 Å². The molecule has 0 saturated heterocycles. The molecule has 2 heterocycles. The minimum absolute atomic E-state index is 0.0352. The van der Waals surface area contributed by atoms with Crippen LogP contribution in [0.5, 0.6) is 0 Å². The number of aromatic carboxylic acids is 1. The normalized spacial score (nSPS) is 10.0. The molecule has 16 heavy (non-hydrogen) atoms. The second kappa shape index (κ2) is 3.93. The Bertz CT molecular complexity index is 534. The number of carbonyl (C=O) groups excluding carboxylic acids is 1. The zero-order valence-electron chi connectivity index (χ0n) is 8.07. The molecule has 6 heteroatoms. The number of nitrogens with zero attached hydrogens (tertiary/aromatic N) is 3. The van der Waals surface area contributed by atoms with Crippen molar-refractivity contribution < 1.29 is 14.7 Å². The highest BCUT2D eigenvalue weighted by Gasteiger charge is 2.18. The van der Waals surface area contributed by atoms with Gasteiger partial charge in [-0.3, -0.25) is 9.36 Å². The molecule has 0 fully saturated rings. The standard InChI is InChI=1S/C10H7N3O3/c14-9(13-5-4-11-6-13)7-2-1-3-12-8(7)10(15)16/h1-6H,(H,15,16). The minimum atomic E-state index is -1.23. The van der Waals surface area contributed by atoms with Crippen LogP contribution in [0.4, 0.5) is 0 Å². The van der Waals surface area contributed by atoms with Crippen molar-refractivity contribution in [2.45, 2.75) is 0 Å². The highest BCUT2D eigenvalue weighted by atomic mass is 16.4. The van der Waals surface area contributed by atoms with Crippen molar-refractivity contribution in [3.05, 3.63) is 48.3 Å². The average Bonchev–Trinajstić information content (AvgIpc) is 2.81. The molecule has 0 aromatic carbocycles. The quantitative estimate of drug-likeness (QED) is 0.798. The number of imidazole rings is 1. The van der Waals surface area contributed by atoms with Gasteiger partial charge in [-0.05, 0) is 12.1 Å². The maximum Gasteiger partial charge on any atom is 0.355 e. The summed E-state index contributed by atoms with van der Waals surface area (Å²) in [5, 5.41) is 8.87. The van der Waals surface area contributed by atoms with Crippen molar-refractivity contribution in [1.29, 1.82) is 0 Å². The summed E-state index contributed by atoms with van der Waals surface area (Å²) in [7, 11) is 0. The molecule has 2 rings (SSSR count). The number of carboxylic acid groups (broad SMARTS) is 1. The molecule has 6 nitrogen and oxygen atoms in total. The Kier molecular flexibility index (Phi) is 2.47. The molecule has 1 N–H and O–H groups in total. The third-order valence-corrected chi connectivity index (χ3v) is 1.98. The summed E-state index contributed by atoms with van der Waals surface area (Å²) in [6.07, 6.45) is 5.52. The van der Waals surface area contributed by atoms with E-state index in [0.29, 0.717) is 0 Å². The lowest BCUT2D eigenvalue weighted by Crippen LogP contribution is -2.16. The van der Waals surface area contributed by atoms with E-state index in [2.05, 4.69) is 9.97 Å². The lowest BCUT2D eigenvalue weighted by molar-refractivity contribution is 0.0684. The Balaban J connectivity index is 2.49. The molecule has 0 saturated carbocycles. The molecule has 2 aromatic rings. The van der Waals surface area contributed by atoms with Gasteiger partial charge < -0.3 is 5.11 Å². The van der Waals surface area contributed by atoms with Gasteiger partial charge in [0, 0.05) is 18.6 Å². The third-order valence-electron chi connectivity index (χ3n) is 1.98. The first-order chi connectivity index (χ1) is 7.70. The minimum Gasteiger partial charge on any atom is -0.476 e. The van der Waals surface area contributed by atoms with E-state index >= 15 is 0 Å². The van der Waals surface area contributed by atoms with Crippen LogP contribution in [-0.4, -0.2) is 31.5 Å². The van der Waals surface area contributed by atoms with Gasteiger partial charge in [-0.2, -0.15) is 0 Å². The van der Waals surface area contributed by atoms with E-state index in [1.807, 2.05) is 0 Å². The highest BCUT2D eigenvalue weighted by molar-refractivity contribution is 6.04. The molecule has 0 spiro atoms. The fourth-order valence-corrected chi connectivity index (χ4v) is 1.27. The predicted molar refractivity (Wildman–Crippen MR) is 53.2 cm³/mol. The van der Waals surface area contributed by atoms with E-state index in [4.69, 9.17) is 5.11 Å². The summed E-state index contributed by atoms with van der Waals surface area (Å²) >= 11 is 0. The Morgan fingerprint density at radius 3 is 2.75 bits per heavy atom. The topological polar surface area (TPSA) is 85.1 Å². The maximum absolute atomic E-state index is 11.9. The van der Waals surface area contributed by atoms with E-state index in [1.165, 1.54) is 41.6 Å². The van der Waals surface area contributed by atoms with Crippen LogP contribution in [0.2, 0.25) is 0 Å². The van der Waals surface area contributed by atoms with Crippen LogP contribution in [0.3, 0.4) is 0 Å². The third kappa shape index (κ3) is 1.68. The summed E-state index contributed by atoms with van der Waals surface area (Å²) in [4.78, 5) is 30.1. The van der Waals surface area contributed by atoms with Gasteiger partial charge in [-0.25, -0.2) is 14.8 Å². The molecule has 0 radical (unpaired) electrons. The molecule has 0 amide bonds. The van der Waals surface area contributed by atoms with Gasteiger partial charge >= 0.3 is 5.97 Å². The van der Waals surface area contributed by atoms with Gasteiger partial charge in [0.2, 0.25) is 0 Å². The average molecular weight is 217 g/mol. The first-order valence-electron chi connectivity index (χ1n) is 4.41. The molecule has 0 aliphatic rings. The predicted octanol–water partition coefficient (Wildman–Crippen LogP) is 0.665. The fraction of sp³-hybridized carbons (Fsp3) is 0. The number of hydrogen-bond donors (Lipinski definition) is 1. The molecule has 0 unspecified atom stereocenters. The molecule has 0 bridgehead atoms. The van der Waals surface area contributed by atoms with Crippen LogP contribution in [0.15, 0.2) is 37.1 Å². The van der Waals surface area contributed by atoms with Crippen LogP contribution in [0.25, 0.3) is 0 Å². The summed E-state index contributed by atoms with van der Waals surface area (Å²) in [5.41, 5.74) is -0.228. The molecule has 80 valence electrons. The van der Waals surface area contributed by atoms with E-state index in [0.717, 1.165) is 0 Å². The lowest BCUT2D eigenvalue weighted by atomic mass is 10.2. The molecule has 0 aliphatic carbocycles. The van der Waals surface area contributed by atoms with E-state index in [-0.39, 0.29) is 11.3 Å². The van der Waals surface area contributed by atoms with E-state index in [9.17, 15) is 9.59 Å². The number of pyridine rings is 1. The summed E-state index contributed by atoms with van der Waals surface area (Å²) in [6, 6.07) is 2.93. The first kappa shape index (κ1) is 10.0. The van der Waals surface area contributed by atoms with Gasteiger partial charge in [0.1, 0.15) is 6.33 Å². The Hall–Kier alpha value is -2.50. The van der Waals surface area contributed by atoms with E-state index in [1.54, 1.807) is 0 Å². The van der Waals surface area contributed by atoms with Crippen molar-refractivity contribution in [1.82, 2.24) is 14.5 Å². The van der Waals surface area contributed by atoms with E-state index < -0.39 is 11.9 Å². The van der Waals surface area contributed by atoms with Crippen molar-refractivity contribution in [3.63, 3.8) is 0 Å². The summed E-state index contributed by atoms with van der Waals surface area (Å²) in [5.74, 6) is -1.70. The molecule has 0 aliphatic heterocycles. The van der Waals surface area contributed by atoms with Crippen LogP contribution in [-0.2, 0) is 0 Å². The fourth-order valence-electron chi connectivity index (χ4n) is 1.27. The van der Waals surface area contributed by atoms with Crippen molar-refractivity contribution in [2.75, 3.05) is 0 Å². The van der Waals surface area contributed by atoms with Crippen LogP contribution in [0.1, 0.15) is 20.8 Å². The van der Waals surface area contributed by atoms with Crippen molar-refractivity contribution in [2.24, 2.45) is 0 Å². The number of carboxylic acids is 1. The second-order valence-electron chi connectivity index (χ2n) is 2.98. The number of carbonyl (C=O) groups is 2. The van der Waals surface area contributed by atoms with Crippen LogP contribution in [0, 0.1) is 0 Å². The Morgan fingerprint density at radius 2 is 2.12 bits per heavy atom. The number of aromatic nitrogens is 3. The lowest BCUT2D eigenvalue weighted by Gasteiger charge is -2.03. The molecular weight excluding hydrogens is 210 g/mol. The SMILES string of the molecule is O=C(O)c1ncccc1C(=O)n1ccnc1. The maximum atomic E-state index is 11.9. The zero-order valence-corrected chi connectivity index (χ0v) is 8.07. The largest absolute Gasteiger partial charge is 0.476 e. The summed E-state index contributed by atoms with van der Waals surface area (Å²) < 4.78 is 1.20. The molecule has 0 atom stereocenters. The van der Waals surface area contributed by atoms with Gasteiger partial charge in [0.05, 0.1) is 5.56 Å². The van der Waals surface area contributed by atoms with Crippen LogP contribution >= 0.6 is 0 Å². The Morgan fingerprint density at radius 1 is 1.31 bits per heavy atom. The second-order valence-corrected chi connectivity index (χ2v) is 2.98. The number of hydrogen-bond acceptors (Lipinski definition) is 4. The first-order valence-corrected chi connectivity index (χ1v) is 4.41. The monoisotopic (exact) mass is 217 g/mol.